The minimum atomic E-state index is -0.0695. The standard InChI is InChI=1S/C15H15BrN2O2/c1-18-9-10(16)8-13(18)15(19)17-12-6-7-20-14-5-3-2-4-11(12)14/h2-5,8-9,12H,6-7H2,1H3,(H,17,19). The van der Waals surface area contributed by atoms with Gasteiger partial charge in [0.15, 0.2) is 0 Å². The van der Waals surface area contributed by atoms with Crippen LogP contribution in [0.25, 0.3) is 0 Å². The second-order valence-corrected chi connectivity index (χ2v) is 5.77. The SMILES string of the molecule is Cn1cc(Br)cc1C(=O)NC1CCOc2ccccc21. The highest BCUT2D eigenvalue weighted by Crippen LogP contribution is 2.31. The van der Waals surface area contributed by atoms with Crippen molar-refractivity contribution in [1.82, 2.24) is 9.88 Å². The van der Waals surface area contributed by atoms with Gasteiger partial charge >= 0.3 is 0 Å². The lowest BCUT2D eigenvalue weighted by atomic mass is 10.0. The molecule has 4 nitrogen and oxygen atoms in total. The number of fused-ring (bicyclic) bond motifs is 1. The van der Waals surface area contributed by atoms with Crippen molar-refractivity contribution < 1.29 is 9.53 Å². The van der Waals surface area contributed by atoms with Crippen LogP contribution < -0.4 is 10.1 Å². The molecule has 1 aromatic carbocycles. The Kier molecular flexibility index (Phi) is 3.53. The third-order valence-electron chi connectivity index (χ3n) is 3.47. The van der Waals surface area contributed by atoms with Crippen LogP contribution in [0.1, 0.15) is 28.5 Å². The largest absolute Gasteiger partial charge is 0.493 e. The zero-order valence-corrected chi connectivity index (χ0v) is 12.7. The Morgan fingerprint density at radius 2 is 2.25 bits per heavy atom. The van der Waals surface area contributed by atoms with E-state index in [1.54, 1.807) is 0 Å². The molecule has 2 heterocycles. The van der Waals surface area contributed by atoms with E-state index in [9.17, 15) is 4.79 Å². The third-order valence-corrected chi connectivity index (χ3v) is 3.90. The van der Waals surface area contributed by atoms with Gasteiger partial charge in [-0.1, -0.05) is 18.2 Å². The van der Waals surface area contributed by atoms with Crippen LogP contribution in [0.2, 0.25) is 0 Å². The summed E-state index contributed by atoms with van der Waals surface area (Å²) in [5, 5.41) is 3.08. The molecule has 0 aliphatic carbocycles. The zero-order chi connectivity index (χ0) is 14.1. The Bertz CT molecular complexity index is 651. The summed E-state index contributed by atoms with van der Waals surface area (Å²) in [4.78, 5) is 12.4. The van der Waals surface area contributed by atoms with E-state index >= 15 is 0 Å². The topological polar surface area (TPSA) is 43.3 Å². The van der Waals surface area contributed by atoms with Crippen molar-refractivity contribution in [3.05, 3.63) is 52.3 Å². The molecule has 0 radical (unpaired) electrons. The molecular weight excluding hydrogens is 320 g/mol. The first-order valence-electron chi connectivity index (χ1n) is 6.49. The molecule has 0 spiro atoms. The molecule has 1 aromatic heterocycles. The molecule has 1 aliphatic rings. The molecule has 20 heavy (non-hydrogen) atoms. The van der Waals surface area contributed by atoms with Crippen molar-refractivity contribution in [3.8, 4) is 5.75 Å². The number of carbonyl (C=O) groups excluding carboxylic acids is 1. The molecule has 1 unspecified atom stereocenters. The maximum absolute atomic E-state index is 12.4. The van der Waals surface area contributed by atoms with Crippen LogP contribution >= 0.6 is 15.9 Å². The van der Waals surface area contributed by atoms with Crippen molar-refractivity contribution in [2.24, 2.45) is 7.05 Å². The minimum absolute atomic E-state index is 0.00104. The predicted octanol–water partition coefficient (Wildman–Crippen LogP) is 3.04. The molecule has 1 aliphatic heterocycles. The second kappa shape index (κ2) is 5.32. The zero-order valence-electron chi connectivity index (χ0n) is 11.1. The summed E-state index contributed by atoms with van der Waals surface area (Å²) in [6, 6.07) is 9.66. The van der Waals surface area contributed by atoms with Gasteiger partial charge in [-0.2, -0.15) is 0 Å². The van der Waals surface area contributed by atoms with Gasteiger partial charge in [0.1, 0.15) is 11.4 Å². The number of nitrogens with one attached hydrogen (secondary N) is 1. The normalized spacial score (nSPS) is 17.2. The average molecular weight is 335 g/mol. The lowest BCUT2D eigenvalue weighted by Crippen LogP contribution is -2.33. The Morgan fingerprint density at radius 3 is 3.00 bits per heavy atom. The van der Waals surface area contributed by atoms with Crippen LogP contribution in [0, 0.1) is 0 Å². The van der Waals surface area contributed by atoms with Gasteiger partial charge in [0.2, 0.25) is 0 Å². The van der Waals surface area contributed by atoms with Gasteiger partial charge in [0.05, 0.1) is 12.6 Å². The van der Waals surface area contributed by atoms with Gasteiger partial charge in [0.25, 0.3) is 5.91 Å². The monoisotopic (exact) mass is 334 g/mol. The highest BCUT2D eigenvalue weighted by molar-refractivity contribution is 9.10. The highest BCUT2D eigenvalue weighted by Gasteiger charge is 2.23. The molecule has 104 valence electrons. The average Bonchev–Trinajstić information content (AvgIpc) is 2.78. The lowest BCUT2D eigenvalue weighted by Gasteiger charge is -2.26. The summed E-state index contributed by atoms with van der Waals surface area (Å²) in [5.74, 6) is 0.789. The van der Waals surface area contributed by atoms with Crippen LogP contribution in [-0.4, -0.2) is 17.1 Å². The number of amides is 1. The Hall–Kier alpha value is -1.75. The summed E-state index contributed by atoms with van der Waals surface area (Å²) >= 11 is 3.38. The minimum Gasteiger partial charge on any atom is -0.493 e. The maximum Gasteiger partial charge on any atom is 0.268 e. The number of hydrogen-bond acceptors (Lipinski definition) is 2. The maximum atomic E-state index is 12.4. The quantitative estimate of drug-likeness (QED) is 0.917. The molecular formula is C15H15BrN2O2. The fourth-order valence-corrected chi connectivity index (χ4v) is 3.00. The van der Waals surface area contributed by atoms with Crippen molar-refractivity contribution in [3.63, 3.8) is 0 Å². The molecule has 1 atom stereocenters. The first-order valence-corrected chi connectivity index (χ1v) is 7.29. The van der Waals surface area contributed by atoms with Crippen LogP contribution in [0.5, 0.6) is 5.75 Å². The first-order chi connectivity index (χ1) is 9.65. The summed E-state index contributed by atoms with van der Waals surface area (Å²) in [7, 11) is 1.86. The van der Waals surface area contributed by atoms with E-state index in [1.165, 1.54) is 0 Å². The highest BCUT2D eigenvalue weighted by atomic mass is 79.9. The predicted molar refractivity (Wildman–Crippen MR) is 79.9 cm³/mol. The molecule has 0 fully saturated rings. The molecule has 2 aromatic rings. The van der Waals surface area contributed by atoms with E-state index in [0.29, 0.717) is 12.3 Å². The fourth-order valence-electron chi connectivity index (χ4n) is 2.47. The van der Waals surface area contributed by atoms with E-state index in [-0.39, 0.29) is 11.9 Å². The van der Waals surface area contributed by atoms with E-state index < -0.39 is 0 Å². The van der Waals surface area contributed by atoms with Crippen LogP contribution in [0.15, 0.2) is 41.0 Å². The number of hydrogen-bond donors (Lipinski definition) is 1. The van der Waals surface area contributed by atoms with Gasteiger partial charge < -0.3 is 14.6 Å². The molecule has 0 saturated carbocycles. The van der Waals surface area contributed by atoms with Crippen molar-refractivity contribution in [2.75, 3.05) is 6.61 Å². The van der Waals surface area contributed by atoms with Gasteiger partial charge in [-0.05, 0) is 28.1 Å². The Balaban J connectivity index is 1.82. The van der Waals surface area contributed by atoms with E-state index in [1.807, 2.05) is 48.1 Å². The number of benzene rings is 1. The van der Waals surface area contributed by atoms with Gasteiger partial charge in [0, 0.05) is 29.7 Å². The summed E-state index contributed by atoms with van der Waals surface area (Å²) in [6.07, 6.45) is 2.65. The van der Waals surface area contributed by atoms with E-state index in [2.05, 4.69) is 21.2 Å². The number of nitrogens with zero attached hydrogens (tertiary/aromatic N) is 1. The number of carbonyl (C=O) groups is 1. The van der Waals surface area contributed by atoms with Crippen LogP contribution in [0.3, 0.4) is 0 Å². The first kappa shape index (κ1) is 13.2. The molecule has 1 N–H and O–H groups in total. The Labute approximate surface area is 125 Å². The number of aromatic nitrogens is 1. The number of para-hydroxylation sites is 1. The summed E-state index contributed by atoms with van der Waals surface area (Å²) in [6.45, 7) is 0.624. The number of aryl methyl sites for hydroxylation is 1. The second-order valence-electron chi connectivity index (χ2n) is 4.86. The molecule has 0 saturated heterocycles. The number of ether oxygens (including phenoxy) is 1. The van der Waals surface area contributed by atoms with Crippen molar-refractivity contribution in [2.45, 2.75) is 12.5 Å². The lowest BCUT2D eigenvalue weighted by molar-refractivity contribution is 0.0916. The fraction of sp³-hybridized carbons (Fsp3) is 0.267. The van der Waals surface area contributed by atoms with Gasteiger partial charge in [-0.25, -0.2) is 0 Å². The third kappa shape index (κ3) is 2.45. The van der Waals surface area contributed by atoms with E-state index in [0.717, 1.165) is 22.2 Å². The summed E-state index contributed by atoms with van der Waals surface area (Å²) < 4.78 is 8.32. The number of halogens is 1. The molecule has 0 bridgehead atoms. The van der Waals surface area contributed by atoms with E-state index in [4.69, 9.17) is 4.74 Å². The van der Waals surface area contributed by atoms with Crippen molar-refractivity contribution >= 4 is 21.8 Å². The van der Waals surface area contributed by atoms with Gasteiger partial charge in [-0.3, -0.25) is 4.79 Å². The van der Waals surface area contributed by atoms with Crippen LogP contribution in [-0.2, 0) is 7.05 Å². The van der Waals surface area contributed by atoms with Crippen LogP contribution in [0.4, 0.5) is 0 Å². The molecule has 1 amide bonds. The number of rotatable bonds is 2. The summed E-state index contributed by atoms with van der Waals surface area (Å²) in [5.41, 5.74) is 1.68. The van der Waals surface area contributed by atoms with Crippen molar-refractivity contribution in [1.29, 1.82) is 0 Å². The molecule has 3 rings (SSSR count). The van der Waals surface area contributed by atoms with Gasteiger partial charge in [-0.15, -0.1) is 0 Å². The Morgan fingerprint density at radius 1 is 1.45 bits per heavy atom. The smallest absolute Gasteiger partial charge is 0.268 e. The molecule has 5 heteroatoms.